The summed E-state index contributed by atoms with van der Waals surface area (Å²) in [5, 5.41) is 6.62. The Labute approximate surface area is 163 Å². The molecule has 1 aromatic heterocycles. The molecule has 1 heterocycles. The fraction of sp³-hybridized carbons (Fsp3) is 0.412. The van der Waals surface area contributed by atoms with Gasteiger partial charge in [-0.2, -0.15) is 4.31 Å². The first-order valence-electron chi connectivity index (χ1n) is 8.39. The Bertz CT molecular complexity index is 852. The van der Waals surface area contributed by atoms with E-state index in [-0.39, 0.29) is 23.8 Å². The van der Waals surface area contributed by atoms with Gasteiger partial charge in [0.2, 0.25) is 15.9 Å². The highest BCUT2D eigenvalue weighted by molar-refractivity contribution is 7.89. The van der Waals surface area contributed by atoms with Crippen molar-refractivity contribution in [2.75, 3.05) is 31.6 Å². The number of halogens is 1. The van der Waals surface area contributed by atoms with Gasteiger partial charge >= 0.3 is 0 Å². The fourth-order valence-electron chi connectivity index (χ4n) is 2.30. The summed E-state index contributed by atoms with van der Waals surface area (Å²) in [5.74, 6) is 0.251. The van der Waals surface area contributed by atoms with E-state index in [4.69, 9.17) is 20.9 Å². The van der Waals surface area contributed by atoms with Crippen molar-refractivity contribution < 1.29 is 22.5 Å². The van der Waals surface area contributed by atoms with E-state index in [0.717, 1.165) is 4.31 Å². The van der Waals surface area contributed by atoms with Crippen LogP contribution in [0.25, 0.3) is 0 Å². The summed E-state index contributed by atoms with van der Waals surface area (Å²) in [5.41, 5.74) is 0. The first kappa shape index (κ1) is 21.4. The van der Waals surface area contributed by atoms with Crippen LogP contribution in [0.1, 0.15) is 19.1 Å². The standard InChI is InChI=1S/C17H22ClN3O5S/c1-3-25-10-4-9-21(12-17(22)19-16-11-13(2)26-20-16)27(23,24)15-7-5-14(18)6-8-15/h5-8,11H,3-4,9-10,12H2,1-2H3,(H,19,20,22). The van der Waals surface area contributed by atoms with Crippen molar-refractivity contribution in [2.24, 2.45) is 0 Å². The number of hydrogen-bond donors (Lipinski definition) is 1. The molecule has 0 fully saturated rings. The quantitative estimate of drug-likeness (QED) is 0.598. The van der Waals surface area contributed by atoms with Crippen LogP contribution in [0.4, 0.5) is 5.82 Å². The SMILES string of the molecule is CCOCCCN(CC(=O)Nc1cc(C)on1)S(=O)(=O)c1ccc(Cl)cc1. The van der Waals surface area contributed by atoms with Crippen LogP contribution in [0.3, 0.4) is 0 Å². The maximum absolute atomic E-state index is 12.9. The minimum absolute atomic E-state index is 0.0633. The van der Waals surface area contributed by atoms with Gasteiger partial charge in [0.05, 0.1) is 11.4 Å². The molecule has 2 rings (SSSR count). The lowest BCUT2D eigenvalue weighted by Gasteiger charge is -2.21. The third-order valence-electron chi connectivity index (χ3n) is 3.57. The molecule has 10 heteroatoms. The summed E-state index contributed by atoms with van der Waals surface area (Å²) < 4.78 is 37.1. The molecule has 2 aromatic rings. The second-order valence-corrected chi connectivity index (χ2v) is 8.09. The number of aryl methyl sites for hydroxylation is 1. The van der Waals surface area contributed by atoms with Crippen LogP contribution >= 0.6 is 11.6 Å². The highest BCUT2D eigenvalue weighted by Gasteiger charge is 2.26. The van der Waals surface area contributed by atoms with Crippen LogP contribution in [0.5, 0.6) is 0 Å². The Balaban J connectivity index is 2.13. The monoisotopic (exact) mass is 415 g/mol. The number of nitrogens with one attached hydrogen (secondary N) is 1. The van der Waals surface area contributed by atoms with E-state index in [1.54, 1.807) is 13.0 Å². The van der Waals surface area contributed by atoms with Crippen LogP contribution in [0, 0.1) is 6.92 Å². The number of benzene rings is 1. The number of hydrogen-bond acceptors (Lipinski definition) is 6. The number of rotatable bonds is 10. The van der Waals surface area contributed by atoms with Gasteiger partial charge in [0.1, 0.15) is 5.76 Å². The average molecular weight is 416 g/mol. The van der Waals surface area contributed by atoms with Crippen LogP contribution in [0.15, 0.2) is 39.8 Å². The molecule has 0 aliphatic heterocycles. The summed E-state index contributed by atoms with van der Waals surface area (Å²) in [7, 11) is -3.87. The first-order valence-corrected chi connectivity index (χ1v) is 10.2. The van der Waals surface area contributed by atoms with Gasteiger partial charge in [-0.25, -0.2) is 8.42 Å². The molecule has 0 bridgehead atoms. The largest absolute Gasteiger partial charge is 0.382 e. The van der Waals surface area contributed by atoms with Gasteiger partial charge in [0, 0.05) is 30.8 Å². The van der Waals surface area contributed by atoms with Gasteiger partial charge in [-0.1, -0.05) is 16.8 Å². The van der Waals surface area contributed by atoms with Crippen molar-refractivity contribution in [1.82, 2.24) is 9.46 Å². The van der Waals surface area contributed by atoms with E-state index in [2.05, 4.69) is 10.5 Å². The van der Waals surface area contributed by atoms with Gasteiger partial charge in [0.25, 0.3) is 0 Å². The fourth-order valence-corrected chi connectivity index (χ4v) is 3.86. The molecule has 1 aromatic carbocycles. The molecular formula is C17H22ClN3O5S. The Morgan fingerprint density at radius 3 is 2.63 bits per heavy atom. The molecule has 8 nitrogen and oxygen atoms in total. The molecule has 148 valence electrons. The predicted molar refractivity (Wildman–Crippen MR) is 101 cm³/mol. The maximum atomic E-state index is 12.9. The Hall–Kier alpha value is -1.94. The van der Waals surface area contributed by atoms with Gasteiger partial charge in [-0.3, -0.25) is 4.79 Å². The zero-order valence-electron chi connectivity index (χ0n) is 15.1. The summed E-state index contributed by atoms with van der Waals surface area (Å²) in [4.78, 5) is 12.4. The molecule has 1 N–H and O–H groups in total. The van der Waals surface area contributed by atoms with Crippen LogP contribution in [-0.4, -0.2) is 50.1 Å². The summed E-state index contributed by atoms with van der Waals surface area (Å²) in [6.45, 7) is 4.26. The number of anilines is 1. The topological polar surface area (TPSA) is 102 Å². The molecule has 1 amide bonds. The third kappa shape index (κ3) is 6.31. The van der Waals surface area contributed by atoms with Crippen molar-refractivity contribution in [1.29, 1.82) is 0 Å². The van der Waals surface area contributed by atoms with Gasteiger partial charge in [-0.15, -0.1) is 0 Å². The first-order chi connectivity index (χ1) is 12.8. The molecule has 27 heavy (non-hydrogen) atoms. The number of carbonyl (C=O) groups is 1. The zero-order chi connectivity index (χ0) is 19.9. The lowest BCUT2D eigenvalue weighted by atomic mass is 10.4. The third-order valence-corrected chi connectivity index (χ3v) is 5.68. The number of nitrogens with zero attached hydrogens (tertiary/aromatic N) is 2. The van der Waals surface area contributed by atoms with Gasteiger partial charge < -0.3 is 14.6 Å². The summed E-state index contributed by atoms with van der Waals surface area (Å²) >= 11 is 5.83. The van der Waals surface area contributed by atoms with Crippen molar-refractivity contribution in [3.63, 3.8) is 0 Å². The summed E-state index contributed by atoms with van der Waals surface area (Å²) in [6, 6.07) is 7.35. The van der Waals surface area contributed by atoms with E-state index >= 15 is 0 Å². The lowest BCUT2D eigenvalue weighted by Crippen LogP contribution is -2.39. The van der Waals surface area contributed by atoms with E-state index in [1.807, 2.05) is 6.92 Å². The molecule has 0 saturated carbocycles. The number of carbonyl (C=O) groups excluding carboxylic acids is 1. The second kappa shape index (κ2) is 9.84. The normalized spacial score (nSPS) is 11.7. The minimum atomic E-state index is -3.87. The molecule has 0 atom stereocenters. The van der Waals surface area contributed by atoms with Crippen molar-refractivity contribution >= 4 is 33.3 Å². The van der Waals surface area contributed by atoms with Crippen molar-refractivity contribution in [3.8, 4) is 0 Å². The molecule has 0 saturated heterocycles. The summed E-state index contributed by atoms with van der Waals surface area (Å²) in [6.07, 6.45) is 0.455. The number of aromatic nitrogens is 1. The molecule has 0 aliphatic rings. The van der Waals surface area contributed by atoms with Crippen molar-refractivity contribution in [3.05, 3.63) is 41.1 Å². The van der Waals surface area contributed by atoms with Gasteiger partial charge in [-0.05, 0) is 44.5 Å². The lowest BCUT2D eigenvalue weighted by molar-refractivity contribution is -0.116. The molecule has 0 spiro atoms. The van der Waals surface area contributed by atoms with E-state index in [9.17, 15) is 13.2 Å². The number of ether oxygens (including phenoxy) is 1. The molecule has 0 aliphatic carbocycles. The van der Waals surface area contributed by atoms with E-state index in [1.165, 1.54) is 24.3 Å². The predicted octanol–water partition coefficient (Wildman–Crippen LogP) is 2.69. The zero-order valence-corrected chi connectivity index (χ0v) is 16.7. The van der Waals surface area contributed by atoms with Crippen LogP contribution < -0.4 is 5.32 Å². The van der Waals surface area contributed by atoms with E-state index in [0.29, 0.717) is 30.4 Å². The van der Waals surface area contributed by atoms with Crippen LogP contribution in [0.2, 0.25) is 5.02 Å². The van der Waals surface area contributed by atoms with Crippen LogP contribution in [-0.2, 0) is 19.6 Å². The Morgan fingerprint density at radius 2 is 2.04 bits per heavy atom. The average Bonchev–Trinajstić information content (AvgIpc) is 3.02. The highest BCUT2D eigenvalue weighted by atomic mass is 35.5. The number of amides is 1. The maximum Gasteiger partial charge on any atom is 0.243 e. The van der Waals surface area contributed by atoms with Crippen molar-refractivity contribution in [2.45, 2.75) is 25.2 Å². The second-order valence-electron chi connectivity index (χ2n) is 5.71. The highest BCUT2D eigenvalue weighted by Crippen LogP contribution is 2.19. The molecular weight excluding hydrogens is 394 g/mol. The van der Waals surface area contributed by atoms with Gasteiger partial charge in [0.15, 0.2) is 5.82 Å². The molecule has 0 radical (unpaired) electrons. The minimum Gasteiger partial charge on any atom is -0.382 e. The molecule has 0 unspecified atom stereocenters. The Morgan fingerprint density at radius 1 is 1.33 bits per heavy atom. The van der Waals surface area contributed by atoms with E-state index < -0.39 is 15.9 Å². The smallest absolute Gasteiger partial charge is 0.243 e. The number of sulfonamides is 1. The Kier molecular flexibility index (Phi) is 7.78.